The topological polar surface area (TPSA) is 90.9 Å². The number of carbonyl (C=O) groups is 1. The van der Waals surface area contributed by atoms with E-state index in [9.17, 15) is 17.6 Å². The molecule has 1 amide bonds. The number of guanidine groups is 1. The minimum absolute atomic E-state index is 0. The van der Waals surface area contributed by atoms with E-state index >= 15 is 0 Å². The molecule has 2 N–H and O–H groups in total. The van der Waals surface area contributed by atoms with Crippen molar-refractivity contribution in [1.82, 2.24) is 15.5 Å². The highest BCUT2D eigenvalue weighted by atomic mass is 127. The third kappa shape index (κ3) is 6.57. The molecule has 1 aliphatic heterocycles. The van der Waals surface area contributed by atoms with Crippen molar-refractivity contribution in [3.8, 4) is 0 Å². The molecule has 1 heterocycles. The van der Waals surface area contributed by atoms with Crippen LogP contribution in [-0.2, 0) is 21.1 Å². The van der Waals surface area contributed by atoms with Crippen molar-refractivity contribution in [1.29, 1.82) is 0 Å². The molecule has 1 aromatic rings. The van der Waals surface area contributed by atoms with Gasteiger partial charge < -0.3 is 15.5 Å². The van der Waals surface area contributed by atoms with Crippen LogP contribution in [0, 0.1) is 5.82 Å². The second-order valence-corrected chi connectivity index (χ2v) is 9.87. The summed E-state index contributed by atoms with van der Waals surface area (Å²) < 4.78 is 36.5. The first-order chi connectivity index (χ1) is 12.6. The van der Waals surface area contributed by atoms with Crippen LogP contribution in [0.5, 0.6) is 0 Å². The highest BCUT2D eigenvalue weighted by Gasteiger charge is 2.40. The summed E-state index contributed by atoms with van der Waals surface area (Å²) in [4.78, 5) is 18.0. The van der Waals surface area contributed by atoms with Gasteiger partial charge in [-0.15, -0.1) is 24.0 Å². The van der Waals surface area contributed by atoms with Gasteiger partial charge in [-0.2, -0.15) is 0 Å². The monoisotopic (exact) mass is 526 g/mol. The minimum Gasteiger partial charge on any atom is -0.354 e. The first kappa shape index (κ1) is 24.6. The number of nitrogens with zero attached hydrogens (tertiary/aromatic N) is 2. The van der Waals surface area contributed by atoms with E-state index in [1.54, 1.807) is 33.0 Å². The summed E-state index contributed by atoms with van der Waals surface area (Å²) >= 11 is 0. The molecule has 1 aliphatic rings. The fourth-order valence-electron chi connectivity index (χ4n) is 2.93. The zero-order chi connectivity index (χ0) is 20.1. The molecule has 0 aromatic heterocycles. The number of hydrogen-bond donors (Lipinski definition) is 2. The maximum atomic E-state index is 13.1. The van der Waals surface area contributed by atoms with Gasteiger partial charge in [0.2, 0.25) is 5.91 Å². The van der Waals surface area contributed by atoms with Crippen LogP contribution in [-0.4, -0.2) is 68.9 Å². The summed E-state index contributed by atoms with van der Waals surface area (Å²) in [5.41, 5.74) is 0.619. The lowest BCUT2D eigenvalue weighted by Crippen LogP contribution is -2.57. The van der Waals surface area contributed by atoms with Crippen molar-refractivity contribution >= 4 is 45.7 Å². The molecule has 0 spiro atoms. The Morgan fingerprint density at radius 1 is 1.29 bits per heavy atom. The second kappa shape index (κ2) is 10.4. The van der Waals surface area contributed by atoms with Crippen LogP contribution >= 0.6 is 24.0 Å². The van der Waals surface area contributed by atoms with Crippen LogP contribution in [0.3, 0.4) is 0 Å². The summed E-state index contributed by atoms with van der Waals surface area (Å²) in [6.07, 6.45) is 0.116. The molecule has 1 fully saturated rings. The van der Waals surface area contributed by atoms with Crippen molar-refractivity contribution in [2.75, 3.05) is 39.0 Å². The van der Waals surface area contributed by atoms with E-state index in [-0.39, 0.29) is 47.9 Å². The average molecular weight is 526 g/mol. The Labute approximate surface area is 183 Å². The molecule has 2 rings (SSSR count). The van der Waals surface area contributed by atoms with Crippen LogP contribution in [0.15, 0.2) is 29.3 Å². The van der Waals surface area contributed by atoms with Crippen molar-refractivity contribution in [2.45, 2.75) is 25.0 Å². The summed E-state index contributed by atoms with van der Waals surface area (Å²) in [5.74, 6) is 0.141. The first-order valence-corrected chi connectivity index (χ1v) is 10.5. The smallest absolute Gasteiger partial charge is 0.224 e. The molecule has 0 radical (unpaired) electrons. The van der Waals surface area contributed by atoms with Gasteiger partial charge >= 0.3 is 0 Å². The maximum absolute atomic E-state index is 13.1. The van der Waals surface area contributed by atoms with E-state index in [0.29, 0.717) is 37.7 Å². The van der Waals surface area contributed by atoms with E-state index in [0.717, 1.165) is 0 Å². The van der Waals surface area contributed by atoms with Gasteiger partial charge in [0, 0.05) is 33.2 Å². The standard InChI is InChI=1S/C18H27FN4O3S.HI/c1-18(2)13-23(9-10-27(18,25)26)17(20-3)22-8-7-21-16(24)12-14-5-4-6-15(19)11-14;/h4-6,11H,7-10,12-13H2,1-3H3,(H,20,22)(H,21,24);1H. The molecule has 158 valence electrons. The third-order valence-corrected chi connectivity index (χ3v) is 7.07. The molecular formula is C18H28FIN4O3S. The van der Waals surface area contributed by atoms with Crippen LogP contribution in [0.1, 0.15) is 19.4 Å². The summed E-state index contributed by atoms with van der Waals surface area (Å²) in [5, 5.41) is 5.91. The molecule has 0 saturated carbocycles. The number of nitrogens with one attached hydrogen (secondary N) is 2. The van der Waals surface area contributed by atoms with Gasteiger partial charge in [0.25, 0.3) is 0 Å². The van der Waals surface area contributed by atoms with Crippen LogP contribution < -0.4 is 10.6 Å². The average Bonchev–Trinajstić information content (AvgIpc) is 2.58. The Balaban J connectivity index is 0.00000392. The zero-order valence-corrected chi connectivity index (χ0v) is 19.5. The number of carbonyl (C=O) groups excluding carboxylic acids is 1. The molecule has 1 aromatic carbocycles. The lowest BCUT2D eigenvalue weighted by atomic mass is 10.1. The Bertz CT molecular complexity index is 815. The SMILES string of the molecule is CN=C(NCCNC(=O)Cc1cccc(F)c1)N1CCS(=O)(=O)C(C)(C)C1.I. The normalized spacial score (nSPS) is 18.1. The molecule has 0 atom stereocenters. The highest BCUT2D eigenvalue weighted by molar-refractivity contribution is 14.0. The number of hydrogen-bond acceptors (Lipinski definition) is 4. The quantitative estimate of drug-likeness (QED) is 0.261. The Kier molecular flexibility index (Phi) is 9.12. The fraction of sp³-hybridized carbons (Fsp3) is 0.556. The lowest BCUT2D eigenvalue weighted by molar-refractivity contribution is -0.120. The summed E-state index contributed by atoms with van der Waals surface area (Å²) in [6.45, 7) is 5.01. The van der Waals surface area contributed by atoms with Gasteiger partial charge in [-0.05, 0) is 31.5 Å². The number of rotatable bonds is 5. The Morgan fingerprint density at radius 3 is 2.57 bits per heavy atom. The third-order valence-electron chi connectivity index (χ3n) is 4.54. The van der Waals surface area contributed by atoms with Crippen molar-refractivity contribution in [3.63, 3.8) is 0 Å². The molecule has 0 aliphatic carbocycles. The number of halogens is 2. The van der Waals surface area contributed by atoms with E-state index in [1.165, 1.54) is 12.1 Å². The van der Waals surface area contributed by atoms with E-state index in [2.05, 4.69) is 15.6 Å². The Morgan fingerprint density at radius 2 is 1.96 bits per heavy atom. The molecule has 1 saturated heterocycles. The number of sulfone groups is 1. The minimum atomic E-state index is -3.11. The second-order valence-electron chi connectivity index (χ2n) is 7.13. The van der Waals surface area contributed by atoms with Crippen LogP contribution in [0.25, 0.3) is 0 Å². The van der Waals surface area contributed by atoms with Gasteiger partial charge in [-0.25, -0.2) is 12.8 Å². The first-order valence-electron chi connectivity index (χ1n) is 8.84. The molecule has 7 nitrogen and oxygen atoms in total. The van der Waals surface area contributed by atoms with Gasteiger partial charge in [0.05, 0.1) is 16.9 Å². The fourth-order valence-corrected chi connectivity index (χ4v) is 4.29. The lowest BCUT2D eigenvalue weighted by Gasteiger charge is -2.39. The predicted molar refractivity (Wildman–Crippen MR) is 119 cm³/mol. The highest BCUT2D eigenvalue weighted by Crippen LogP contribution is 2.23. The summed E-state index contributed by atoms with van der Waals surface area (Å²) in [6, 6.07) is 5.95. The molecule has 10 heteroatoms. The van der Waals surface area contributed by atoms with E-state index < -0.39 is 14.6 Å². The number of amides is 1. The van der Waals surface area contributed by atoms with Crippen molar-refractivity contribution in [3.05, 3.63) is 35.6 Å². The summed E-state index contributed by atoms with van der Waals surface area (Å²) in [7, 11) is -1.47. The Hall–Kier alpha value is -1.43. The molecule has 0 bridgehead atoms. The molecular weight excluding hydrogens is 498 g/mol. The maximum Gasteiger partial charge on any atom is 0.224 e. The van der Waals surface area contributed by atoms with Gasteiger partial charge in [0.15, 0.2) is 15.8 Å². The van der Waals surface area contributed by atoms with Gasteiger partial charge in [-0.3, -0.25) is 9.79 Å². The van der Waals surface area contributed by atoms with Crippen LogP contribution in [0.4, 0.5) is 4.39 Å². The van der Waals surface area contributed by atoms with Crippen LogP contribution in [0.2, 0.25) is 0 Å². The van der Waals surface area contributed by atoms with E-state index in [4.69, 9.17) is 0 Å². The van der Waals surface area contributed by atoms with Gasteiger partial charge in [-0.1, -0.05) is 12.1 Å². The van der Waals surface area contributed by atoms with Gasteiger partial charge in [0.1, 0.15) is 5.82 Å². The predicted octanol–water partition coefficient (Wildman–Crippen LogP) is 1.19. The number of benzene rings is 1. The van der Waals surface area contributed by atoms with Crippen molar-refractivity contribution < 1.29 is 17.6 Å². The van der Waals surface area contributed by atoms with E-state index in [1.807, 2.05) is 4.90 Å². The molecule has 0 unspecified atom stereocenters. The molecule has 28 heavy (non-hydrogen) atoms. The van der Waals surface area contributed by atoms with Crippen molar-refractivity contribution in [2.24, 2.45) is 4.99 Å². The number of aliphatic imine (C=N–C) groups is 1. The largest absolute Gasteiger partial charge is 0.354 e. The zero-order valence-electron chi connectivity index (χ0n) is 16.4.